The van der Waals surface area contributed by atoms with Crippen LogP contribution in [0, 0.1) is 0 Å². The first-order valence-electron chi connectivity index (χ1n) is 6.67. The fourth-order valence-corrected chi connectivity index (χ4v) is 2.31. The van der Waals surface area contributed by atoms with Gasteiger partial charge < -0.3 is 29.9 Å². The monoisotopic (exact) mass is 302 g/mol. The van der Waals surface area contributed by atoms with Crippen LogP contribution in [0.1, 0.15) is 11.7 Å². The second-order valence-electron chi connectivity index (χ2n) is 4.86. The molecule has 0 spiro atoms. The molecule has 2 rings (SSSR count). The van der Waals surface area contributed by atoms with E-state index in [2.05, 4.69) is 0 Å². The van der Waals surface area contributed by atoms with Crippen LogP contribution < -0.4 is 4.74 Å². The summed E-state index contributed by atoms with van der Waals surface area (Å²) >= 11 is 0. The predicted molar refractivity (Wildman–Crippen MR) is 70.6 cm³/mol. The highest BCUT2D eigenvalue weighted by Gasteiger charge is 2.43. The van der Waals surface area contributed by atoms with Crippen molar-refractivity contribution in [3.05, 3.63) is 29.8 Å². The van der Waals surface area contributed by atoms with E-state index in [0.29, 0.717) is 11.3 Å². The van der Waals surface area contributed by atoms with Crippen LogP contribution in [0.2, 0.25) is 0 Å². The lowest BCUT2D eigenvalue weighted by Crippen LogP contribution is -2.55. The van der Waals surface area contributed by atoms with Crippen molar-refractivity contribution in [3.8, 4) is 5.75 Å². The van der Waals surface area contributed by atoms with Gasteiger partial charge >= 0.3 is 0 Å². The Hall–Kier alpha value is -1.25. The normalized spacial score (nSPS) is 32.9. The SMILES string of the molecule is OCC1OC(c2cccc(OCCF)c2)C(O)C(O)C1O. The molecule has 0 saturated carbocycles. The molecule has 1 aliphatic rings. The third-order valence-corrected chi connectivity index (χ3v) is 3.42. The summed E-state index contributed by atoms with van der Waals surface area (Å²) in [5.41, 5.74) is 0.503. The third kappa shape index (κ3) is 3.50. The number of rotatable bonds is 5. The van der Waals surface area contributed by atoms with Gasteiger partial charge in [0.05, 0.1) is 6.61 Å². The predicted octanol–water partition coefficient (Wildman–Crippen LogP) is -0.450. The minimum Gasteiger partial charge on any atom is -0.491 e. The van der Waals surface area contributed by atoms with Gasteiger partial charge in [-0.2, -0.15) is 0 Å². The van der Waals surface area contributed by atoms with Crippen molar-refractivity contribution in [3.63, 3.8) is 0 Å². The summed E-state index contributed by atoms with van der Waals surface area (Å²) in [6.45, 7) is -1.19. The van der Waals surface area contributed by atoms with Crippen LogP contribution >= 0.6 is 0 Å². The Balaban J connectivity index is 2.19. The molecule has 1 fully saturated rings. The molecule has 0 amide bonds. The molecule has 1 aromatic carbocycles. The molecule has 5 atom stereocenters. The van der Waals surface area contributed by atoms with Crippen LogP contribution in [0.4, 0.5) is 4.39 Å². The van der Waals surface area contributed by atoms with E-state index >= 15 is 0 Å². The lowest BCUT2D eigenvalue weighted by atomic mass is 9.91. The van der Waals surface area contributed by atoms with Crippen molar-refractivity contribution in [2.75, 3.05) is 19.9 Å². The summed E-state index contributed by atoms with van der Waals surface area (Å²) in [4.78, 5) is 0. The van der Waals surface area contributed by atoms with Crippen molar-refractivity contribution in [2.45, 2.75) is 30.5 Å². The van der Waals surface area contributed by atoms with E-state index in [0.717, 1.165) is 0 Å². The van der Waals surface area contributed by atoms with Gasteiger partial charge in [0.2, 0.25) is 0 Å². The van der Waals surface area contributed by atoms with Gasteiger partial charge in [0.25, 0.3) is 0 Å². The highest BCUT2D eigenvalue weighted by molar-refractivity contribution is 5.31. The maximum atomic E-state index is 12.1. The second kappa shape index (κ2) is 7.15. The fourth-order valence-electron chi connectivity index (χ4n) is 2.31. The number of hydrogen-bond acceptors (Lipinski definition) is 6. The lowest BCUT2D eigenvalue weighted by molar-refractivity contribution is -0.231. The van der Waals surface area contributed by atoms with E-state index < -0.39 is 43.8 Å². The van der Waals surface area contributed by atoms with Gasteiger partial charge in [0.15, 0.2) is 0 Å². The highest BCUT2D eigenvalue weighted by Crippen LogP contribution is 2.33. The first-order valence-corrected chi connectivity index (χ1v) is 6.67. The summed E-state index contributed by atoms with van der Waals surface area (Å²) in [6.07, 6.45) is -6.07. The quantitative estimate of drug-likeness (QED) is 0.588. The summed E-state index contributed by atoms with van der Waals surface area (Å²) in [5.74, 6) is 0.405. The van der Waals surface area contributed by atoms with Crippen molar-refractivity contribution in [1.82, 2.24) is 0 Å². The first-order chi connectivity index (χ1) is 10.1. The summed E-state index contributed by atoms with van der Waals surface area (Å²) in [7, 11) is 0. The number of aliphatic hydroxyl groups excluding tert-OH is 4. The largest absolute Gasteiger partial charge is 0.491 e. The Morgan fingerprint density at radius 3 is 2.57 bits per heavy atom. The average molecular weight is 302 g/mol. The van der Waals surface area contributed by atoms with Crippen LogP contribution in [0.15, 0.2) is 24.3 Å². The Bertz CT molecular complexity index is 455. The van der Waals surface area contributed by atoms with Crippen molar-refractivity contribution in [1.29, 1.82) is 0 Å². The zero-order chi connectivity index (χ0) is 15.4. The number of ether oxygens (including phenoxy) is 2. The van der Waals surface area contributed by atoms with Crippen LogP contribution in [0.25, 0.3) is 0 Å². The highest BCUT2D eigenvalue weighted by atomic mass is 19.1. The van der Waals surface area contributed by atoms with Gasteiger partial charge in [-0.05, 0) is 17.7 Å². The third-order valence-electron chi connectivity index (χ3n) is 3.42. The molecule has 0 bridgehead atoms. The topological polar surface area (TPSA) is 99.4 Å². The molecule has 0 radical (unpaired) electrons. The lowest BCUT2D eigenvalue weighted by Gasteiger charge is -2.40. The molecule has 21 heavy (non-hydrogen) atoms. The molecule has 1 aromatic rings. The summed E-state index contributed by atoms with van der Waals surface area (Å²) in [5, 5.41) is 38.7. The van der Waals surface area contributed by atoms with Gasteiger partial charge in [-0.1, -0.05) is 12.1 Å². The first kappa shape index (κ1) is 16.1. The minimum atomic E-state index is -1.43. The van der Waals surface area contributed by atoms with Gasteiger partial charge in [-0.3, -0.25) is 0 Å². The fraction of sp³-hybridized carbons (Fsp3) is 0.571. The van der Waals surface area contributed by atoms with Gasteiger partial charge in [0, 0.05) is 0 Å². The standard InChI is InChI=1S/C14H19FO6/c15-4-5-20-9-3-1-2-8(6-9)14-13(19)12(18)11(17)10(7-16)21-14/h1-3,6,10-14,16-19H,4-5,7H2. The zero-order valence-electron chi connectivity index (χ0n) is 11.3. The smallest absolute Gasteiger partial charge is 0.123 e. The molecular formula is C14H19FO6. The number of alkyl halides is 1. The molecule has 7 heteroatoms. The van der Waals surface area contributed by atoms with E-state index in [1.807, 2.05) is 0 Å². The average Bonchev–Trinajstić information content (AvgIpc) is 2.51. The molecule has 0 aromatic heterocycles. The minimum absolute atomic E-state index is 0.0852. The van der Waals surface area contributed by atoms with Crippen molar-refractivity contribution in [2.24, 2.45) is 0 Å². The Morgan fingerprint density at radius 2 is 1.90 bits per heavy atom. The van der Waals surface area contributed by atoms with Crippen molar-refractivity contribution < 1.29 is 34.3 Å². The maximum absolute atomic E-state index is 12.1. The van der Waals surface area contributed by atoms with Gasteiger partial charge in [-0.15, -0.1) is 0 Å². The number of aliphatic hydroxyl groups is 4. The Kier molecular flexibility index (Phi) is 5.49. The van der Waals surface area contributed by atoms with Crippen molar-refractivity contribution >= 4 is 0 Å². The molecule has 6 nitrogen and oxygen atoms in total. The van der Waals surface area contributed by atoms with Gasteiger partial charge in [0.1, 0.15) is 49.6 Å². The van der Waals surface area contributed by atoms with E-state index in [1.165, 1.54) is 0 Å². The summed E-state index contributed by atoms with van der Waals surface area (Å²) in [6, 6.07) is 6.48. The van der Waals surface area contributed by atoms with E-state index in [-0.39, 0.29) is 6.61 Å². The second-order valence-corrected chi connectivity index (χ2v) is 4.86. The molecule has 4 N–H and O–H groups in total. The molecule has 118 valence electrons. The van der Waals surface area contributed by atoms with Crippen LogP contribution in [0.3, 0.4) is 0 Å². The Morgan fingerprint density at radius 1 is 1.14 bits per heavy atom. The molecular weight excluding hydrogens is 283 g/mol. The Labute approximate surface area is 121 Å². The summed E-state index contributed by atoms with van der Waals surface area (Å²) < 4.78 is 22.7. The molecule has 0 aliphatic carbocycles. The van der Waals surface area contributed by atoms with E-state index in [4.69, 9.17) is 14.6 Å². The number of halogens is 1. The molecule has 1 saturated heterocycles. The maximum Gasteiger partial charge on any atom is 0.123 e. The molecule has 5 unspecified atom stereocenters. The molecule has 1 heterocycles. The van der Waals surface area contributed by atoms with Crippen LogP contribution in [-0.4, -0.2) is 64.7 Å². The molecule has 1 aliphatic heterocycles. The zero-order valence-corrected chi connectivity index (χ0v) is 11.3. The number of hydrogen-bond donors (Lipinski definition) is 4. The van der Waals surface area contributed by atoms with Crippen LogP contribution in [0.5, 0.6) is 5.75 Å². The van der Waals surface area contributed by atoms with Crippen LogP contribution in [-0.2, 0) is 4.74 Å². The number of benzene rings is 1. The van der Waals surface area contributed by atoms with E-state index in [1.54, 1.807) is 24.3 Å². The van der Waals surface area contributed by atoms with Gasteiger partial charge in [-0.25, -0.2) is 4.39 Å². The van der Waals surface area contributed by atoms with E-state index in [9.17, 15) is 19.7 Å².